The van der Waals surface area contributed by atoms with E-state index in [1.807, 2.05) is 0 Å². The Morgan fingerprint density at radius 3 is 2.85 bits per heavy atom. The highest BCUT2D eigenvalue weighted by molar-refractivity contribution is 6.30. The summed E-state index contributed by atoms with van der Waals surface area (Å²) in [4.78, 5) is 30.5. The largest absolute Gasteiger partial charge is 0.392 e. The zero-order chi connectivity index (χ0) is 19.1. The van der Waals surface area contributed by atoms with Gasteiger partial charge in [0, 0.05) is 43.8 Å². The lowest BCUT2D eigenvalue weighted by Crippen LogP contribution is -2.56. The van der Waals surface area contributed by atoms with Crippen LogP contribution < -0.4 is 10.2 Å². The molecule has 3 heterocycles. The van der Waals surface area contributed by atoms with Crippen molar-refractivity contribution in [2.45, 2.75) is 31.0 Å². The van der Waals surface area contributed by atoms with Crippen LogP contribution >= 0.6 is 11.6 Å². The van der Waals surface area contributed by atoms with E-state index in [9.17, 15) is 19.1 Å². The average Bonchev–Trinajstić information content (AvgIpc) is 3.16. The molecule has 1 aromatic carbocycles. The SMILES string of the molecule is O=C(NC1CCN(c2ccc(Cl)cc2F)C1=O)N1CCN2C[C@H](O)C[C@H]2C1. The molecule has 2 N–H and O–H groups in total. The Balaban J connectivity index is 1.37. The zero-order valence-corrected chi connectivity index (χ0v) is 15.5. The molecule has 3 saturated heterocycles. The molecule has 0 aliphatic carbocycles. The summed E-state index contributed by atoms with van der Waals surface area (Å²) in [5.41, 5.74) is 0.176. The van der Waals surface area contributed by atoms with Crippen molar-refractivity contribution in [3.63, 3.8) is 0 Å². The van der Waals surface area contributed by atoms with Gasteiger partial charge in [0.15, 0.2) is 0 Å². The Kier molecular flexibility index (Phi) is 4.96. The first-order valence-electron chi connectivity index (χ1n) is 9.16. The molecule has 0 saturated carbocycles. The molecule has 0 bridgehead atoms. The maximum Gasteiger partial charge on any atom is 0.318 e. The van der Waals surface area contributed by atoms with Crippen LogP contribution in [0.25, 0.3) is 0 Å². The fourth-order valence-corrected chi connectivity index (χ4v) is 4.35. The van der Waals surface area contributed by atoms with Gasteiger partial charge in [-0.3, -0.25) is 9.69 Å². The van der Waals surface area contributed by atoms with E-state index in [0.29, 0.717) is 39.0 Å². The highest BCUT2D eigenvalue weighted by atomic mass is 35.5. The van der Waals surface area contributed by atoms with Gasteiger partial charge in [-0.25, -0.2) is 9.18 Å². The summed E-state index contributed by atoms with van der Waals surface area (Å²) >= 11 is 5.77. The topological polar surface area (TPSA) is 76.1 Å². The molecule has 0 radical (unpaired) electrons. The van der Waals surface area contributed by atoms with E-state index in [1.165, 1.54) is 23.1 Å². The molecular formula is C18H22ClFN4O3. The van der Waals surface area contributed by atoms with Crippen LogP contribution in [0.15, 0.2) is 18.2 Å². The van der Waals surface area contributed by atoms with E-state index >= 15 is 0 Å². The fraction of sp³-hybridized carbons (Fsp3) is 0.556. The molecule has 3 amide bonds. The number of urea groups is 1. The third-order valence-corrected chi connectivity index (χ3v) is 5.82. The molecule has 4 rings (SSSR count). The van der Waals surface area contributed by atoms with Crippen LogP contribution in [-0.4, -0.2) is 77.8 Å². The second kappa shape index (κ2) is 7.26. The van der Waals surface area contributed by atoms with Crippen LogP contribution in [0.5, 0.6) is 0 Å². The number of hydrogen-bond donors (Lipinski definition) is 2. The lowest BCUT2D eigenvalue weighted by atomic mass is 10.1. The second-order valence-electron chi connectivity index (χ2n) is 7.36. The summed E-state index contributed by atoms with van der Waals surface area (Å²) in [6.45, 7) is 2.81. The third-order valence-electron chi connectivity index (χ3n) is 5.59. The van der Waals surface area contributed by atoms with Crippen molar-refractivity contribution in [2.75, 3.05) is 37.6 Å². The molecule has 9 heteroatoms. The third kappa shape index (κ3) is 3.61. The highest BCUT2D eigenvalue weighted by Crippen LogP contribution is 2.27. The summed E-state index contributed by atoms with van der Waals surface area (Å²) in [6.07, 6.45) is 0.752. The van der Waals surface area contributed by atoms with E-state index in [4.69, 9.17) is 11.6 Å². The van der Waals surface area contributed by atoms with Crippen molar-refractivity contribution in [1.82, 2.24) is 15.1 Å². The number of anilines is 1. The molecule has 146 valence electrons. The first kappa shape index (κ1) is 18.5. The smallest absolute Gasteiger partial charge is 0.318 e. The molecule has 1 aromatic rings. The van der Waals surface area contributed by atoms with E-state index in [0.717, 1.165) is 6.54 Å². The number of carbonyl (C=O) groups is 2. The predicted octanol–water partition coefficient (Wildman–Crippen LogP) is 1.04. The van der Waals surface area contributed by atoms with Gasteiger partial charge in [0.25, 0.3) is 0 Å². The zero-order valence-electron chi connectivity index (χ0n) is 14.8. The molecule has 0 spiro atoms. The quantitative estimate of drug-likeness (QED) is 0.783. The normalized spacial score (nSPS) is 28.6. The van der Waals surface area contributed by atoms with Crippen LogP contribution in [0.3, 0.4) is 0 Å². The monoisotopic (exact) mass is 396 g/mol. The molecule has 1 unspecified atom stereocenters. The van der Waals surface area contributed by atoms with Crippen LogP contribution in [0.2, 0.25) is 5.02 Å². The Bertz CT molecular complexity index is 764. The van der Waals surface area contributed by atoms with Crippen LogP contribution in [0.4, 0.5) is 14.9 Å². The molecule has 3 aliphatic heterocycles. The van der Waals surface area contributed by atoms with Gasteiger partial charge in [-0.05, 0) is 31.0 Å². The van der Waals surface area contributed by atoms with Crippen LogP contribution in [0.1, 0.15) is 12.8 Å². The van der Waals surface area contributed by atoms with Crippen molar-refractivity contribution in [2.24, 2.45) is 0 Å². The summed E-state index contributed by atoms with van der Waals surface area (Å²) in [7, 11) is 0. The van der Waals surface area contributed by atoms with E-state index < -0.39 is 11.9 Å². The van der Waals surface area contributed by atoms with Crippen molar-refractivity contribution in [3.8, 4) is 0 Å². The summed E-state index contributed by atoms with van der Waals surface area (Å²) < 4.78 is 14.1. The molecule has 3 atom stereocenters. The van der Waals surface area contributed by atoms with Gasteiger partial charge in [0.05, 0.1) is 11.8 Å². The minimum absolute atomic E-state index is 0.165. The van der Waals surface area contributed by atoms with E-state index in [1.54, 1.807) is 4.90 Å². The second-order valence-corrected chi connectivity index (χ2v) is 7.80. The van der Waals surface area contributed by atoms with Crippen LogP contribution in [0, 0.1) is 5.82 Å². The maximum absolute atomic E-state index is 14.1. The van der Waals surface area contributed by atoms with Gasteiger partial charge in [0.2, 0.25) is 5.91 Å². The predicted molar refractivity (Wildman–Crippen MR) is 98.3 cm³/mol. The number of carbonyl (C=O) groups excluding carboxylic acids is 2. The number of aliphatic hydroxyl groups is 1. The molecule has 7 nitrogen and oxygen atoms in total. The molecule has 0 aromatic heterocycles. The minimum Gasteiger partial charge on any atom is -0.392 e. The number of nitrogens with one attached hydrogen (secondary N) is 1. The Hall–Kier alpha value is -1.90. The summed E-state index contributed by atoms with van der Waals surface area (Å²) in [5, 5.41) is 12.8. The standard InChI is InChI=1S/C18H22ClFN4O3/c19-11-1-2-16(14(20)7-11)24-4-3-15(17(24)26)21-18(27)23-6-5-22-10-13(25)8-12(22)9-23/h1-2,7,12-13,15,25H,3-6,8-10H2,(H,21,27)/t12-,13+,15?/m0/s1. The van der Waals surface area contributed by atoms with Gasteiger partial charge in [0.1, 0.15) is 11.9 Å². The Labute approximate surface area is 161 Å². The van der Waals surface area contributed by atoms with Gasteiger partial charge in [-0.1, -0.05) is 11.6 Å². The number of fused-ring (bicyclic) bond motifs is 1. The average molecular weight is 397 g/mol. The highest BCUT2D eigenvalue weighted by Gasteiger charge is 2.39. The van der Waals surface area contributed by atoms with Gasteiger partial charge in [-0.2, -0.15) is 0 Å². The van der Waals surface area contributed by atoms with Gasteiger partial charge >= 0.3 is 6.03 Å². The van der Waals surface area contributed by atoms with Gasteiger partial charge < -0.3 is 20.2 Å². The van der Waals surface area contributed by atoms with Crippen LogP contribution in [-0.2, 0) is 4.79 Å². The lowest BCUT2D eigenvalue weighted by Gasteiger charge is -2.37. The Morgan fingerprint density at radius 1 is 1.26 bits per heavy atom. The van der Waals surface area contributed by atoms with E-state index in [2.05, 4.69) is 10.2 Å². The lowest BCUT2D eigenvalue weighted by molar-refractivity contribution is -0.118. The molecule has 3 aliphatic rings. The first-order valence-corrected chi connectivity index (χ1v) is 9.54. The molecule has 27 heavy (non-hydrogen) atoms. The number of hydrogen-bond acceptors (Lipinski definition) is 4. The number of piperazine rings is 1. The van der Waals surface area contributed by atoms with Gasteiger partial charge in [-0.15, -0.1) is 0 Å². The van der Waals surface area contributed by atoms with Crippen molar-refractivity contribution < 1.29 is 19.1 Å². The van der Waals surface area contributed by atoms with Crippen molar-refractivity contribution in [1.29, 1.82) is 0 Å². The van der Waals surface area contributed by atoms with E-state index in [-0.39, 0.29) is 34.8 Å². The number of benzene rings is 1. The number of aliphatic hydroxyl groups excluding tert-OH is 1. The fourth-order valence-electron chi connectivity index (χ4n) is 4.19. The molecule has 3 fully saturated rings. The number of amides is 3. The van der Waals surface area contributed by atoms with Crippen molar-refractivity contribution in [3.05, 3.63) is 29.0 Å². The number of halogens is 2. The molecular weight excluding hydrogens is 375 g/mol. The van der Waals surface area contributed by atoms with Crippen molar-refractivity contribution >= 4 is 29.2 Å². The Morgan fingerprint density at radius 2 is 2.07 bits per heavy atom. The minimum atomic E-state index is -0.667. The first-order chi connectivity index (χ1) is 12.9. The summed E-state index contributed by atoms with van der Waals surface area (Å²) in [6, 6.07) is 3.40. The number of rotatable bonds is 2. The summed E-state index contributed by atoms with van der Waals surface area (Å²) in [5.74, 6) is -0.877. The maximum atomic E-state index is 14.1. The number of nitrogens with zero attached hydrogens (tertiary/aromatic N) is 3.